The molecule has 0 spiro atoms. The molecule has 0 fully saturated rings. The van der Waals surface area contributed by atoms with Crippen LogP contribution in [0.1, 0.15) is 11.4 Å². The Balaban J connectivity index is 1.78. The molecule has 1 N–H and O–H groups in total. The summed E-state index contributed by atoms with van der Waals surface area (Å²) in [6.07, 6.45) is 0. The standard InChI is InChI=1S/C16H15FN4/c1-12-19-16(18-11-13-7-5-6-10-15(13)17)20-21(12)14-8-3-2-4-9-14/h2-10H,11H2,1H3,(H,18,20). The van der Waals surface area contributed by atoms with Gasteiger partial charge in [0, 0.05) is 12.1 Å². The van der Waals surface area contributed by atoms with E-state index in [0.29, 0.717) is 18.1 Å². The van der Waals surface area contributed by atoms with Gasteiger partial charge in [0.05, 0.1) is 5.69 Å². The smallest absolute Gasteiger partial charge is 0.243 e. The number of para-hydroxylation sites is 1. The summed E-state index contributed by atoms with van der Waals surface area (Å²) in [5.74, 6) is 1.03. The molecular formula is C16H15FN4. The molecule has 21 heavy (non-hydrogen) atoms. The lowest BCUT2D eigenvalue weighted by Crippen LogP contribution is -2.04. The van der Waals surface area contributed by atoms with Crippen molar-refractivity contribution in [3.63, 3.8) is 0 Å². The van der Waals surface area contributed by atoms with E-state index in [9.17, 15) is 4.39 Å². The van der Waals surface area contributed by atoms with Crippen LogP contribution in [0.2, 0.25) is 0 Å². The van der Waals surface area contributed by atoms with E-state index in [1.165, 1.54) is 6.07 Å². The number of aryl methyl sites for hydroxylation is 1. The molecule has 0 aliphatic carbocycles. The fourth-order valence-electron chi connectivity index (χ4n) is 2.09. The van der Waals surface area contributed by atoms with Crippen molar-refractivity contribution in [3.8, 4) is 5.69 Å². The summed E-state index contributed by atoms with van der Waals surface area (Å²) < 4.78 is 15.3. The van der Waals surface area contributed by atoms with E-state index in [1.807, 2.05) is 37.3 Å². The van der Waals surface area contributed by atoms with Crippen molar-refractivity contribution >= 4 is 5.95 Å². The molecule has 1 heterocycles. The van der Waals surface area contributed by atoms with Crippen LogP contribution in [0.25, 0.3) is 5.69 Å². The van der Waals surface area contributed by atoms with Crippen molar-refractivity contribution in [1.82, 2.24) is 14.8 Å². The molecule has 0 saturated carbocycles. The molecule has 0 aliphatic heterocycles. The number of nitrogens with zero attached hydrogens (tertiary/aromatic N) is 3. The van der Waals surface area contributed by atoms with Crippen LogP contribution < -0.4 is 5.32 Å². The summed E-state index contributed by atoms with van der Waals surface area (Å²) >= 11 is 0. The van der Waals surface area contributed by atoms with Crippen molar-refractivity contribution < 1.29 is 4.39 Å². The zero-order chi connectivity index (χ0) is 14.7. The molecule has 0 amide bonds. The van der Waals surface area contributed by atoms with Gasteiger partial charge in [-0.2, -0.15) is 4.98 Å². The molecule has 4 nitrogen and oxygen atoms in total. The largest absolute Gasteiger partial charge is 0.349 e. The first kappa shape index (κ1) is 13.3. The summed E-state index contributed by atoms with van der Waals surface area (Å²) in [6, 6.07) is 16.4. The molecule has 0 atom stereocenters. The van der Waals surface area contributed by atoms with Gasteiger partial charge in [-0.1, -0.05) is 36.4 Å². The van der Waals surface area contributed by atoms with Gasteiger partial charge in [-0.25, -0.2) is 9.07 Å². The van der Waals surface area contributed by atoms with Gasteiger partial charge in [0.2, 0.25) is 5.95 Å². The van der Waals surface area contributed by atoms with Gasteiger partial charge in [0.15, 0.2) is 0 Å². The van der Waals surface area contributed by atoms with Crippen LogP contribution >= 0.6 is 0 Å². The molecule has 3 rings (SSSR count). The van der Waals surface area contributed by atoms with E-state index >= 15 is 0 Å². The average molecular weight is 282 g/mol. The summed E-state index contributed by atoms with van der Waals surface area (Å²) in [5, 5.41) is 7.45. The third-order valence-corrected chi connectivity index (χ3v) is 3.16. The van der Waals surface area contributed by atoms with Gasteiger partial charge in [-0.05, 0) is 25.1 Å². The van der Waals surface area contributed by atoms with Crippen molar-refractivity contribution in [2.75, 3.05) is 5.32 Å². The summed E-state index contributed by atoms with van der Waals surface area (Å²) in [7, 11) is 0. The van der Waals surface area contributed by atoms with Crippen LogP contribution in [-0.2, 0) is 6.54 Å². The van der Waals surface area contributed by atoms with Gasteiger partial charge in [0.1, 0.15) is 11.6 Å². The average Bonchev–Trinajstić information content (AvgIpc) is 2.88. The highest BCUT2D eigenvalue weighted by atomic mass is 19.1. The Bertz CT molecular complexity index is 737. The van der Waals surface area contributed by atoms with Crippen molar-refractivity contribution in [3.05, 3.63) is 71.8 Å². The third kappa shape index (κ3) is 2.91. The Labute approximate surface area is 122 Å². The normalized spacial score (nSPS) is 10.6. The van der Waals surface area contributed by atoms with E-state index in [0.717, 1.165) is 11.5 Å². The van der Waals surface area contributed by atoms with Crippen molar-refractivity contribution in [2.24, 2.45) is 0 Å². The number of anilines is 1. The number of aromatic nitrogens is 3. The second-order valence-corrected chi connectivity index (χ2v) is 4.67. The second-order valence-electron chi connectivity index (χ2n) is 4.67. The maximum atomic E-state index is 13.6. The van der Waals surface area contributed by atoms with Crippen LogP contribution in [0.15, 0.2) is 54.6 Å². The predicted molar refractivity (Wildman–Crippen MR) is 79.8 cm³/mol. The molecular weight excluding hydrogens is 267 g/mol. The van der Waals surface area contributed by atoms with Gasteiger partial charge < -0.3 is 5.32 Å². The highest BCUT2D eigenvalue weighted by molar-refractivity contribution is 5.35. The summed E-state index contributed by atoms with van der Waals surface area (Å²) in [5.41, 5.74) is 1.53. The zero-order valence-corrected chi connectivity index (χ0v) is 11.6. The Hall–Kier alpha value is -2.69. The maximum Gasteiger partial charge on any atom is 0.243 e. The van der Waals surface area contributed by atoms with E-state index in [2.05, 4.69) is 15.4 Å². The predicted octanol–water partition coefficient (Wildman–Crippen LogP) is 3.33. The van der Waals surface area contributed by atoms with Crippen LogP contribution in [-0.4, -0.2) is 14.8 Å². The van der Waals surface area contributed by atoms with Gasteiger partial charge in [-0.15, -0.1) is 5.10 Å². The fourth-order valence-corrected chi connectivity index (χ4v) is 2.09. The Morgan fingerprint density at radius 3 is 2.52 bits per heavy atom. The molecule has 3 aromatic rings. The monoisotopic (exact) mass is 282 g/mol. The topological polar surface area (TPSA) is 42.7 Å². The molecule has 0 bridgehead atoms. The van der Waals surface area contributed by atoms with Gasteiger partial charge in [0.25, 0.3) is 0 Å². The third-order valence-electron chi connectivity index (χ3n) is 3.16. The SMILES string of the molecule is Cc1nc(NCc2ccccc2F)nn1-c1ccccc1. The first-order valence-electron chi connectivity index (χ1n) is 6.70. The number of hydrogen-bond acceptors (Lipinski definition) is 3. The minimum absolute atomic E-state index is 0.232. The van der Waals surface area contributed by atoms with Crippen molar-refractivity contribution in [1.29, 1.82) is 0 Å². The summed E-state index contributed by atoms with van der Waals surface area (Å²) in [6.45, 7) is 2.24. The van der Waals surface area contributed by atoms with Crippen LogP contribution in [0.5, 0.6) is 0 Å². The molecule has 106 valence electrons. The van der Waals surface area contributed by atoms with E-state index < -0.39 is 0 Å². The van der Waals surface area contributed by atoms with Crippen LogP contribution in [0.3, 0.4) is 0 Å². The number of benzene rings is 2. The molecule has 1 aromatic heterocycles. The fraction of sp³-hybridized carbons (Fsp3) is 0.125. The highest BCUT2D eigenvalue weighted by Crippen LogP contribution is 2.13. The molecule has 0 radical (unpaired) electrons. The molecule has 2 aromatic carbocycles. The Morgan fingerprint density at radius 1 is 1.05 bits per heavy atom. The first-order chi connectivity index (χ1) is 10.2. The van der Waals surface area contributed by atoms with E-state index in [-0.39, 0.29) is 5.82 Å². The second kappa shape index (κ2) is 5.75. The highest BCUT2D eigenvalue weighted by Gasteiger charge is 2.08. The van der Waals surface area contributed by atoms with Crippen LogP contribution in [0, 0.1) is 12.7 Å². The van der Waals surface area contributed by atoms with E-state index in [1.54, 1.807) is 22.9 Å². The lowest BCUT2D eigenvalue weighted by molar-refractivity contribution is 0.612. The van der Waals surface area contributed by atoms with Crippen molar-refractivity contribution in [2.45, 2.75) is 13.5 Å². The van der Waals surface area contributed by atoms with Gasteiger partial charge >= 0.3 is 0 Å². The molecule has 0 unspecified atom stereocenters. The lowest BCUT2D eigenvalue weighted by Gasteiger charge is -2.03. The number of hydrogen-bond donors (Lipinski definition) is 1. The Morgan fingerprint density at radius 2 is 1.76 bits per heavy atom. The molecule has 0 saturated heterocycles. The molecule has 5 heteroatoms. The van der Waals surface area contributed by atoms with Crippen LogP contribution in [0.4, 0.5) is 10.3 Å². The zero-order valence-electron chi connectivity index (χ0n) is 11.6. The molecule has 0 aliphatic rings. The lowest BCUT2D eigenvalue weighted by atomic mass is 10.2. The maximum absolute atomic E-state index is 13.6. The minimum atomic E-state index is -0.232. The number of rotatable bonds is 4. The van der Waals surface area contributed by atoms with Gasteiger partial charge in [-0.3, -0.25) is 0 Å². The summed E-state index contributed by atoms with van der Waals surface area (Å²) in [4.78, 5) is 4.35. The first-order valence-corrected chi connectivity index (χ1v) is 6.70. The van der Waals surface area contributed by atoms with E-state index in [4.69, 9.17) is 0 Å². The minimum Gasteiger partial charge on any atom is -0.349 e. The quantitative estimate of drug-likeness (QED) is 0.798. The Kier molecular flexibility index (Phi) is 3.64. The number of halogens is 1. The number of nitrogens with one attached hydrogen (secondary N) is 1.